The third-order valence-electron chi connectivity index (χ3n) is 3.63. The average molecular weight is 234 g/mol. The van der Waals surface area contributed by atoms with Crippen LogP contribution in [0.1, 0.15) is 17.7 Å². The largest absolute Gasteiger partial charge is 0.380 e. The highest BCUT2D eigenvalue weighted by molar-refractivity contribution is 5.50. The molecule has 92 valence electrons. The minimum absolute atomic E-state index is 0.345. The quantitative estimate of drug-likeness (QED) is 0.800. The molecule has 1 atom stereocenters. The summed E-state index contributed by atoms with van der Waals surface area (Å²) >= 11 is 0. The first-order chi connectivity index (χ1) is 8.38. The highest BCUT2D eigenvalue weighted by Gasteiger charge is 2.26. The zero-order valence-corrected chi connectivity index (χ0v) is 10.1. The molecular formula is C12H18N4O. The lowest BCUT2D eigenvalue weighted by Crippen LogP contribution is -2.30. The Hall–Kier alpha value is -1.20. The van der Waals surface area contributed by atoms with E-state index in [1.54, 1.807) is 13.4 Å². The van der Waals surface area contributed by atoms with Gasteiger partial charge in [-0.25, -0.2) is 9.97 Å². The Bertz CT molecular complexity index is 409. The second kappa shape index (κ2) is 4.58. The van der Waals surface area contributed by atoms with E-state index in [0.29, 0.717) is 6.10 Å². The van der Waals surface area contributed by atoms with Crippen molar-refractivity contribution in [1.29, 1.82) is 0 Å². The fourth-order valence-electron chi connectivity index (χ4n) is 2.64. The van der Waals surface area contributed by atoms with Crippen LogP contribution in [0.2, 0.25) is 0 Å². The molecule has 0 radical (unpaired) electrons. The Balaban J connectivity index is 1.88. The Morgan fingerprint density at radius 1 is 1.47 bits per heavy atom. The normalized spacial score (nSPS) is 23.8. The summed E-state index contributed by atoms with van der Waals surface area (Å²) in [4.78, 5) is 11.2. The van der Waals surface area contributed by atoms with Gasteiger partial charge in [0.25, 0.3) is 0 Å². The van der Waals surface area contributed by atoms with E-state index in [2.05, 4.69) is 20.2 Å². The maximum atomic E-state index is 5.41. The van der Waals surface area contributed by atoms with Crippen LogP contribution in [-0.4, -0.2) is 42.8 Å². The van der Waals surface area contributed by atoms with Crippen LogP contribution in [0.15, 0.2) is 6.33 Å². The van der Waals surface area contributed by atoms with Crippen molar-refractivity contribution >= 4 is 5.82 Å². The molecule has 0 saturated carbocycles. The van der Waals surface area contributed by atoms with Crippen LogP contribution in [0.25, 0.3) is 0 Å². The van der Waals surface area contributed by atoms with Crippen LogP contribution >= 0.6 is 0 Å². The fourth-order valence-corrected chi connectivity index (χ4v) is 2.64. The van der Waals surface area contributed by atoms with Gasteiger partial charge in [-0.15, -0.1) is 0 Å². The summed E-state index contributed by atoms with van der Waals surface area (Å²) in [5, 5.41) is 3.39. The van der Waals surface area contributed by atoms with E-state index < -0.39 is 0 Å². The lowest BCUT2D eigenvalue weighted by atomic mass is 10.1. The summed E-state index contributed by atoms with van der Waals surface area (Å²) < 4.78 is 5.41. The minimum Gasteiger partial charge on any atom is -0.380 e. The number of aromatic nitrogens is 2. The molecule has 1 fully saturated rings. The van der Waals surface area contributed by atoms with Crippen molar-refractivity contribution in [3.63, 3.8) is 0 Å². The molecule has 0 amide bonds. The zero-order valence-electron chi connectivity index (χ0n) is 10.1. The molecule has 0 spiro atoms. The van der Waals surface area contributed by atoms with Gasteiger partial charge in [-0.3, -0.25) is 0 Å². The van der Waals surface area contributed by atoms with Crippen molar-refractivity contribution in [3.8, 4) is 0 Å². The van der Waals surface area contributed by atoms with Gasteiger partial charge in [0.05, 0.1) is 11.8 Å². The molecule has 1 N–H and O–H groups in total. The van der Waals surface area contributed by atoms with E-state index in [1.165, 1.54) is 11.3 Å². The molecule has 0 aliphatic carbocycles. The molecule has 0 bridgehead atoms. The van der Waals surface area contributed by atoms with Crippen LogP contribution in [0.4, 0.5) is 5.82 Å². The molecule has 0 aromatic carbocycles. The van der Waals surface area contributed by atoms with E-state index in [0.717, 1.165) is 44.8 Å². The van der Waals surface area contributed by atoms with Crippen molar-refractivity contribution < 1.29 is 4.74 Å². The minimum atomic E-state index is 0.345. The van der Waals surface area contributed by atoms with E-state index in [9.17, 15) is 0 Å². The highest BCUT2D eigenvalue weighted by atomic mass is 16.5. The van der Waals surface area contributed by atoms with Gasteiger partial charge in [0, 0.05) is 45.3 Å². The third kappa shape index (κ3) is 2.00. The van der Waals surface area contributed by atoms with Crippen molar-refractivity contribution in [2.24, 2.45) is 0 Å². The van der Waals surface area contributed by atoms with Crippen molar-refractivity contribution in [1.82, 2.24) is 15.3 Å². The van der Waals surface area contributed by atoms with Crippen LogP contribution in [0.3, 0.4) is 0 Å². The molecule has 5 heteroatoms. The smallest absolute Gasteiger partial charge is 0.136 e. The van der Waals surface area contributed by atoms with Crippen molar-refractivity contribution in [2.45, 2.75) is 25.5 Å². The molecule has 1 unspecified atom stereocenters. The Morgan fingerprint density at radius 3 is 3.24 bits per heavy atom. The van der Waals surface area contributed by atoms with Gasteiger partial charge >= 0.3 is 0 Å². The summed E-state index contributed by atoms with van der Waals surface area (Å²) in [7, 11) is 1.78. The maximum absolute atomic E-state index is 5.41. The first-order valence-corrected chi connectivity index (χ1v) is 6.19. The van der Waals surface area contributed by atoms with Gasteiger partial charge in [-0.05, 0) is 6.42 Å². The highest BCUT2D eigenvalue weighted by Crippen LogP contribution is 2.26. The average Bonchev–Trinajstić information content (AvgIpc) is 2.87. The monoisotopic (exact) mass is 234 g/mol. The molecule has 1 aromatic heterocycles. The SMILES string of the molecule is COC1CCN(c2ncnc3c2CNCC3)C1. The number of rotatable bonds is 2. The van der Waals surface area contributed by atoms with Gasteiger partial charge < -0.3 is 15.0 Å². The summed E-state index contributed by atoms with van der Waals surface area (Å²) in [5.41, 5.74) is 2.48. The van der Waals surface area contributed by atoms with Gasteiger partial charge in [0.15, 0.2) is 0 Å². The Kier molecular flexibility index (Phi) is 2.94. The first kappa shape index (κ1) is 10.9. The van der Waals surface area contributed by atoms with E-state index >= 15 is 0 Å². The van der Waals surface area contributed by atoms with Crippen LogP contribution in [0.5, 0.6) is 0 Å². The van der Waals surface area contributed by atoms with E-state index in [1.807, 2.05) is 0 Å². The molecule has 2 aliphatic rings. The van der Waals surface area contributed by atoms with Crippen LogP contribution < -0.4 is 10.2 Å². The number of hydrogen-bond donors (Lipinski definition) is 1. The number of anilines is 1. The first-order valence-electron chi connectivity index (χ1n) is 6.19. The number of hydrogen-bond acceptors (Lipinski definition) is 5. The molecule has 17 heavy (non-hydrogen) atoms. The van der Waals surface area contributed by atoms with Gasteiger partial charge in [0.1, 0.15) is 12.1 Å². The summed E-state index contributed by atoms with van der Waals surface area (Å²) in [6, 6.07) is 0. The number of nitrogens with one attached hydrogen (secondary N) is 1. The maximum Gasteiger partial charge on any atom is 0.136 e. The zero-order chi connectivity index (χ0) is 11.7. The predicted octanol–water partition coefficient (Wildman–Crippen LogP) is 0.347. The standard InChI is InChI=1S/C12H18N4O/c1-17-9-3-5-16(7-9)12-10-6-13-4-2-11(10)14-8-15-12/h8-9,13H,2-7H2,1H3. The van der Waals surface area contributed by atoms with Gasteiger partial charge in [-0.2, -0.15) is 0 Å². The number of nitrogens with zero attached hydrogens (tertiary/aromatic N) is 3. The molecule has 3 heterocycles. The van der Waals surface area contributed by atoms with Crippen LogP contribution in [0, 0.1) is 0 Å². The summed E-state index contributed by atoms with van der Waals surface area (Å²) in [6.07, 6.45) is 4.13. The van der Waals surface area contributed by atoms with Crippen molar-refractivity contribution in [3.05, 3.63) is 17.6 Å². The second-order valence-corrected chi connectivity index (χ2v) is 4.64. The van der Waals surface area contributed by atoms with Crippen LogP contribution in [-0.2, 0) is 17.7 Å². The molecule has 1 aromatic rings. The predicted molar refractivity (Wildman–Crippen MR) is 65.1 cm³/mol. The molecule has 5 nitrogen and oxygen atoms in total. The Labute approximate surface area is 101 Å². The lowest BCUT2D eigenvalue weighted by Gasteiger charge is -2.24. The molecule has 2 aliphatic heterocycles. The number of ether oxygens (including phenoxy) is 1. The summed E-state index contributed by atoms with van der Waals surface area (Å²) in [5.74, 6) is 1.10. The fraction of sp³-hybridized carbons (Fsp3) is 0.667. The van der Waals surface area contributed by atoms with Gasteiger partial charge in [-0.1, -0.05) is 0 Å². The van der Waals surface area contributed by atoms with E-state index in [-0.39, 0.29) is 0 Å². The van der Waals surface area contributed by atoms with Crippen molar-refractivity contribution in [2.75, 3.05) is 31.6 Å². The molecule has 1 saturated heterocycles. The second-order valence-electron chi connectivity index (χ2n) is 4.64. The van der Waals surface area contributed by atoms with E-state index in [4.69, 9.17) is 4.74 Å². The molecule has 3 rings (SSSR count). The lowest BCUT2D eigenvalue weighted by molar-refractivity contribution is 0.121. The summed E-state index contributed by atoms with van der Waals surface area (Å²) in [6.45, 7) is 3.88. The van der Waals surface area contributed by atoms with Gasteiger partial charge in [0.2, 0.25) is 0 Å². The molecular weight excluding hydrogens is 216 g/mol. The number of fused-ring (bicyclic) bond motifs is 1. The third-order valence-corrected chi connectivity index (χ3v) is 3.63. The Morgan fingerprint density at radius 2 is 2.41 bits per heavy atom. The number of methoxy groups -OCH3 is 1. The topological polar surface area (TPSA) is 50.3 Å².